The first-order valence-corrected chi connectivity index (χ1v) is 10.2. The van der Waals surface area contributed by atoms with Crippen molar-refractivity contribution in [1.82, 2.24) is 14.2 Å². The molecule has 1 aromatic heterocycles. The first-order valence-electron chi connectivity index (χ1n) is 8.25. The Morgan fingerprint density at radius 1 is 1.36 bits per heavy atom. The van der Waals surface area contributed by atoms with E-state index in [0.29, 0.717) is 24.7 Å². The number of H-pyrrole nitrogens is 1. The standard InChI is InChI=1S/C17H24ClN3O3S/c1-11-13-5-4-6-14(18)17(13)19-15(11)8-21-7-12(16(22)9-21)10-25(23,24)20(2)3/h4-6,12,16,19,22H,7-10H2,1-3H3/t12-,16+/m0/s1. The number of sulfonamides is 1. The Morgan fingerprint density at radius 2 is 2.08 bits per heavy atom. The van der Waals surface area contributed by atoms with E-state index in [1.807, 2.05) is 25.1 Å². The van der Waals surface area contributed by atoms with Gasteiger partial charge in [0.15, 0.2) is 0 Å². The normalized spacial score (nSPS) is 22.3. The van der Waals surface area contributed by atoms with Gasteiger partial charge in [-0.05, 0) is 18.6 Å². The summed E-state index contributed by atoms with van der Waals surface area (Å²) in [5, 5.41) is 12.1. The molecule has 0 amide bonds. The number of benzene rings is 1. The number of hydrogen-bond donors (Lipinski definition) is 2. The van der Waals surface area contributed by atoms with E-state index in [1.165, 1.54) is 18.4 Å². The zero-order valence-electron chi connectivity index (χ0n) is 14.7. The average molecular weight is 386 g/mol. The monoisotopic (exact) mass is 385 g/mol. The lowest BCUT2D eigenvalue weighted by molar-refractivity contribution is 0.148. The van der Waals surface area contributed by atoms with Gasteiger partial charge < -0.3 is 10.1 Å². The molecule has 1 aliphatic heterocycles. The van der Waals surface area contributed by atoms with Crippen LogP contribution in [0.25, 0.3) is 10.9 Å². The van der Waals surface area contributed by atoms with E-state index in [9.17, 15) is 13.5 Å². The van der Waals surface area contributed by atoms with E-state index in [2.05, 4.69) is 9.88 Å². The third kappa shape index (κ3) is 3.71. The molecular weight excluding hydrogens is 362 g/mol. The van der Waals surface area contributed by atoms with E-state index in [1.54, 1.807) is 0 Å². The molecule has 0 radical (unpaired) electrons. The van der Waals surface area contributed by atoms with Crippen molar-refractivity contribution in [2.75, 3.05) is 32.9 Å². The van der Waals surface area contributed by atoms with Gasteiger partial charge in [-0.2, -0.15) is 0 Å². The molecule has 2 aromatic rings. The maximum atomic E-state index is 12.1. The van der Waals surface area contributed by atoms with Crippen molar-refractivity contribution >= 4 is 32.5 Å². The maximum absolute atomic E-state index is 12.1. The topological polar surface area (TPSA) is 76.6 Å². The zero-order chi connectivity index (χ0) is 18.4. The Morgan fingerprint density at radius 3 is 2.72 bits per heavy atom. The van der Waals surface area contributed by atoms with Crippen LogP contribution in [0.5, 0.6) is 0 Å². The summed E-state index contributed by atoms with van der Waals surface area (Å²) >= 11 is 6.25. The van der Waals surface area contributed by atoms with Crippen molar-refractivity contribution in [1.29, 1.82) is 0 Å². The fourth-order valence-electron chi connectivity index (χ4n) is 3.41. The lowest BCUT2D eigenvalue weighted by Gasteiger charge is -2.18. The van der Waals surface area contributed by atoms with Crippen LogP contribution in [-0.4, -0.2) is 66.8 Å². The van der Waals surface area contributed by atoms with E-state index < -0.39 is 16.1 Å². The quantitative estimate of drug-likeness (QED) is 0.823. The Balaban J connectivity index is 1.75. The SMILES string of the molecule is Cc1c(CN2C[C@@H](CS(=O)(=O)N(C)C)[C@H](O)C2)[nH]c2c(Cl)cccc12. The first kappa shape index (κ1) is 18.7. The van der Waals surface area contributed by atoms with Gasteiger partial charge in [0.2, 0.25) is 10.0 Å². The van der Waals surface area contributed by atoms with Crippen LogP contribution in [0.1, 0.15) is 11.3 Å². The molecule has 0 aliphatic carbocycles. The Labute approximate surface area is 153 Å². The molecule has 25 heavy (non-hydrogen) atoms. The highest BCUT2D eigenvalue weighted by Gasteiger charge is 2.35. The van der Waals surface area contributed by atoms with Crippen molar-refractivity contribution in [2.45, 2.75) is 19.6 Å². The highest BCUT2D eigenvalue weighted by atomic mass is 35.5. The van der Waals surface area contributed by atoms with Gasteiger partial charge >= 0.3 is 0 Å². The van der Waals surface area contributed by atoms with E-state index in [-0.39, 0.29) is 11.7 Å². The number of likely N-dealkylation sites (tertiary alicyclic amines) is 1. The molecule has 0 saturated carbocycles. The van der Waals surface area contributed by atoms with Crippen LogP contribution in [0.3, 0.4) is 0 Å². The van der Waals surface area contributed by atoms with Crippen LogP contribution in [-0.2, 0) is 16.6 Å². The number of hydrogen-bond acceptors (Lipinski definition) is 4. The van der Waals surface area contributed by atoms with Crippen molar-refractivity contribution in [3.8, 4) is 0 Å². The smallest absolute Gasteiger partial charge is 0.214 e. The molecule has 1 fully saturated rings. The van der Waals surface area contributed by atoms with Crippen LogP contribution in [0.4, 0.5) is 0 Å². The number of fused-ring (bicyclic) bond motifs is 1. The molecule has 0 spiro atoms. The Bertz CT molecular complexity index is 879. The minimum atomic E-state index is -3.32. The van der Waals surface area contributed by atoms with Gasteiger partial charge in [-0.15, -0.1) is 0 Å². The number of aromatic nitrogens is 1. The minimum absolute atomic E-state index is 0.0326. The van der Waals surface area contributed by atoms with Crippen LogP contribution in [0.15, 0.2) is 18.2 Å². The highest BCUT2D eigenvalue weighted by molar-refractivity contribution is 7.89. The average Bonchev–Trinajstić information content (AvgIpc) is 3.02. The summed E-state index contributed by atoms with van der Waals surface area (Å²) in [6.45, 7) is 3.70. The molecule has 1 saturated heterocycles. The fraction of sp³-hybridized carbons (Fsp3) is 0.529. The number of halogens is 1. The largest absolute Gasteiger partial charge is 0.391 e. The molecule has 1 aliphatic rings. The third-order valence-electron chi connectivity index (χ3n) is 4.99. The second kappa shape index (κ2) is 6.89. The van der Waals surface area contributed by atoms with Crippen molar-refractivity contribution < 1.29 is 13.5 Å². The van der Waals surface area contributed by atoms with Crippen molar-refractivity contribution in [2.24, 2.45) is 5.92 Å². The molecule has 6 nitrogen and oxygen atoms in total. The number of rotatable bonds is 5. The number of aryl methyl sites for hydroxylation is 1. The predicted octanol–water partition coefficient (Wildman–Crippen LogP) is 1.81. The lowest BCUT2D eigenvalue weighted by Crippen LogP contribution is -2.33. The Kier molecular flexibility index (Phi) is 5.14. The molecule has 2 N–H and O–H groups in total. The molecule has 2 heterocycles. The number of nitrogens with one attached hydrogen (secondary N) is 1. The summed E-state index contributed by atoms with van der Waals surface area (Å²) in [5.74, 6) is -0.310. The molecule has 1 aromatic carbocycles. The predicted molar refractivity (Wildman–Crippen MR) is 100 cm³/mol. The number of para-hydroxylation sites is 1. The number of aromatic amines is 1. The van der Waals surface area contributed by atoms with Gasteiger partial charge in [-0.25, -0.2) is 12.7 Å². The van der Waals surface area contributed by atoms with Gasteiger partial charge in [0.1, 0.15) is 0 Å². The number of nitrogens with zero attached hydrogens (tertiary/aromatic N) is 2. The third-order valence-corrected chi connectivity index (χ3v) is 7.27. The number of aliphatic hydroxyl groups is 1. The van der Waals surface area contributed by atoms with Crippen LogP contribution in [0, 0.1) is 12.8 Å². The molecular formula is C17H24ClN3O3S. The fourth-order valence-corrected chi connectivity index (χ4v) is 4.80. The van der Waals surface area contributed by atoms with E-state index in [0.717, 1.165) is 22.2 Å². The van der Waals surface area contributed by atoms with Gasteiger partial charge in [0.05, 0.1) is 22.4 Å². The molecule has 138 valence electrons. The molecule has 3 rings (SSSR count). The van der Waals surface area contributed by atoms with Crippen LogP contribution in [0.2, 0.25) is 5.02 Å². The Hall–Kier alpha value is -1.12. The van der Waals surface area contributed by atoms with Gasteiger partial charge in [-0.1, -0.05) is 23.7 Å². The molecule has 8 heteroatoms. The van der Waals surface area contributed by atoms with Gasteiger partial charge in [0.25, 0.3) is 0 Å². The summed E-state index contributed by atoms with van der Waals surface area (Å²) in [5.41, 5.74) is 3.10. The van der Waals surface area contributed by atoms with Gasteiger partial charge in [0, 0.05) is 50.7 Å². The van der Waals surface area contributed by atoms with Crippen LogP contribution >= 0.6 is 11.6 Å². The first-order chi connectivity index (χ1) is 11.7. The number of β-amino-alcohol motifs (C(OH)–C–C–N with tert-alkyl or cyclic N) is 1. The van der Waals surface area contributed by atoms with Crippen LogP contribution < -0.4 is 0 Å². The zero-order valence-corrected chi connectivity index (χ0v) is 16.2. The molecule has 0 bridgehead atoms. The summed E-state index contributed by atoms with van der Waals surface area (Å²) in [4.78, 5) is 5.46. The lowest BCUT2D eigenvalue weighted by atomic mass is 10.1. The highest BCUT2D eigenvalue weighted by Crippen LogP contribution is 2.29. The van der Waals surface area contributed by atoms with Crippen molar-refractivity contribution in [3.05, 3.63) is 34.5 Å². The minimum Gasteiger partial charge on any atom is -0.391 e. The maximum Gasteiger partial charge on any atom is 0.214 e. The molecule has 0 unspecified atom stereocenters. The second-order valence-corrected chi connectivity index (χ2v) is 9.61. The summed E-state index contributed by atoms with van der Waals surface area (Å²) in [6.07, 6.45) is -0.636. The summed E-state index contributed by atoms with van der Waals surface area (Å²) in [7, 11) is -0.284. The number of aliphatic hydroxyl groups excluding tert-OH is 1. The van der Waals surface area contributed by atoms with E-state index in [4.69, 9.17) is 11.6 Å². The van der Waals surface area contributed by atoms with E-state index >= 15 is 0 Å². The second-order valence-electron chi connectivity index (χ2n) is 6.97. The summed E-state index contributed by atoms with van der Waals surface area (Å²) < 4.78 is 25.4. The van der Waals surface area contributed by atoms with Gasteiger partial charge in [-0.3, -0.25) is 4.90 Å². The molecule has 2 atom stereocenters. The summed E-state index contributed by atoms with van der Waals surface area (Å²) in [6, 6.07) is 5.81. The van der Waals surface area contributed by atoms with Crippen molar-refractivity contribution in [3.63, 3.8) is 0 Å².